The molecule has 0 aliphatic heterocycles. The second-order valence-corrected chi connectivity index (χ2v) is 9.60. The van der Waals surface area contributed by atoms with Crippen molar-refractivity contribution in [2.45, 2.75) is 39.8 Å². The number of hydrazone groups is 1. The van der Waals surface area contributed by atoms with Crippen LogP contribution in [-0.2, 0) is 9.53 Å². The Kier molecular flexibility index (Phi) is 9.49. The molecule has 0 bridgehead atoms. The highest BCUT2D eigenvalue weighted by atomic mass is 35.5. The lowest BCUT2D eigenvalue weighted by atomic mass is 10.0. The molecule has 0 saturated heterocycles. The van der Waals surface area contributed by atoms with E-state index in [1.54, 1.807) is 70.2 Å². The average Bonchev–Trinajstić information content (AvgIpc) is 3.30. The molecule has 3 aromatic rings. The summed E-state index contributed by atoms with van der Waals surface area (Å²) in [6.45, 7) is 7.13. The van der Waals surface area contributed by atoms with Crippen molar-refractivity contribution >= 4 is 47.2 Å². The number of nitrogens with zero attached hydrogens (tertiary/aromatic N) is 1. The molecule has 0 fully saturated rings. The normalized spacial score (nSPS) is 12.1. The molecule has 2 N–H and O–H groups in total. The van der Waals surface area contributed by atoms with E-state index >= 15 is 0 Å². The van der Waals surface area contributed by atoms with Gasteiger partial charge in [-0.15, -0.1) is 0 Å². The number of hydrogen-bond donors (Lipinski definition) is 2. The van der Waals surface area contributed by atoms with Crippen LogP contribution in [0.1, 0.15) is 54.2 Å². The van der Waals surface area contributed by atoms with Crippen LogP contribution in [-0.4, -0.2) is 36.1 Å². The van der Waals surface area contributed by atoms with E-state index in [1.165, 1.54) is 18.3 Å². The summed E-state index contributed by atoms with van der Waals surface area (Å²) in [5.74, 6) is -0.923. The van der Waals surface area contributed by atoms with Crippen molar-refractivity contribution in [3.63, 3.8) is 0 Å². The van der Waals surface area contributed by atoms with Crippen LogP contribution in [0.3, 0.4) is 0 Å². The van der Waals surface area contributed by atoms with Gasteiger partial charge in [0.25, 0.3) is 11.8 Å². The third-order valence-electron chi connectivity index (χ3n) is 5.16. The van der Waals surface area contributed by atoms with Gasteiger partial charge in [0.2, 0.25) is 0 Å². The number of carbonyl (C=O) groups excluding carboxylic acids is 3. The lowest BCUT2D eigenvalue weighted by Gasteiger charge is -2.20. The largest absolute Gasteiger partial charge is 0.459 e. The fraction of sp³-hybridized carbons (Fsp3) is 0.259. The van der Waals surface area contributed by atoms with Gasteiger partial charge in [-0.1, -0.05) is 55.2 Å². The second kappa shape index (κ2) is 12.6. The highest BCUT2D eigenvalue weighted by molar-refractivity contribution is 6.36. The van der Waals surface area contributed by atoms with Gasteiger partial charge in [-0.25, -0.2) is 10.2 Å². The number of nitrogens with one attached hydrogen (secondary N) is 2. The summed E-state index contributed by atoms with van der Waals surface area (Å²) in [4.78, 5) is 37.8. The van der Waals surface area contributed by atoms with Gasteiger partial charge >= 0.3 is 5.97 Å². The standard InChI is InChI=1S/C27H27Cl2N3O5/c1-15(2)24(31-25(33)21-11-9-17(28)13-22(21)29)26(34)32-30-14-18-10-12-23(37-18)19-7-5-6-8-20(19)27(35)36-16(3)4/h5-16,24H,1-4H3,(H,31,33)(H,32,34). The second-order valence-electron chi connectivity index (χ2n) is 8.76. The third kappa shape index (κ3) is 7.44. The van der Waals surface area contributed by atoms with E-state index in [1.807, 2.05) is 0 Å². The molecule has 2 amide bonds. The molecule has 0 spiro atoms. The van der Waals surface area contributed by atoms with Crippen molar-refractivity contribution in [3.8, 4) is 11.3 Å². The maximum Gasteiger partial charge on any atom is 0.339 e. The van der Waals surface area contributed by atoms with Crippen molar-refractivity contribution < 1.29 is 23.5 Å². The molecule has 0 radical (unpaired) electrons. The van der Waals surface area contributed by atoms with Crippen molar-refractivity contribution in [2.75, 3.05) is 0 Å². The molecule has 2 aromatic carbocycles. The highest BCUT2D eigenvalue weighted by Gasteiger charge is 2.25. The van der Waals surface area contributed by atoms with Gasteiger partial charge in [-0.3, -0.25) is 9.59 Å². The van der Waals surface area contributed by atoms with Crippen molar-refractivity contribution in [3.05, 3.63) is 81.5 Å². The Labute approximate surface area is 225 Å². The molecule has 1 heterocycles. The fourth-order valence-electron chi connectivity index (χ4n) is 3.38. The lowest BCUT2D eigenvalue weighted by molar-refractivity contribution is -0.123. The van der Waals surface area contributed by atoms with Gasteiger partial charge in [0.05, 0.1) is 28.5 Å². The first-order valence-corrected chi connectivity index (χ1v) is 12.3. The average molecular weight is 544 g/mol. The Morgan fingerprint density at radius 1 is 0.973 bits per heavy atom. The molecule has 1 aromatic heterocycles. The molecular weight excluding hydrogens is 517 g/mol. The minimum atomic E-state index is -0.873. The zero-order valence-corrected chi connectivity index (χ0v) is 22.3. The van der Waals surface area contributed by atoms with Gasteiger partial charge in [0.1, 0.15) is 17.6 Å². The maximum absolute atomic E-state index is 12.7. The summed E-state index contributed by atoms with van der Waals surface area (Å²) in [5, 5.41) is 7.21. The smallest absolute Gasteiger partial charge is 0.339 e. The molecule has 0 aliphatic carbocycles. The van der Waals surface area contributed by atoms with Gasteiger partial charge in [0.15, 0.2) is 0 Å². The Hall–Kier alpha value is -3.62. The summed E-state index contributed by atoms with van der Waals surface area (Å²) in [5.41, 5.74) is 3.57. The van der Waals surface area contributed by atoms with Crippen LogP contribution in [0.4, 0.5) is 0 Å². The minimum absolute atomic E-state index is 0.179. The predicted molar refractivity (Wildman–Crippen MR) is 143 cm³/mol. The van der Waals surface area contributed by atoms with E-state index in [0.29, 0.717) is 27.7 Å². The summed E-state index contributed by atoms with van der Waals surface area (Å²) >= 11 is 12.0. The Balaban J connectivity index is 1.68. The number of amides is 2. The van der Waals surface area contributed by atoms with E-state index in [9.17, 15) is 14.4 Å². The number of benzene rings is 2. The van der Waals surface area contributed by atoms with E-state index in [-0.39, 0.29) is 22.6 Å². The number of halogens is 2. The number of rotatable bonds is 9. The molecule has 1 unspecified atom stereocenters. The van der Waals surface area contributed by atoms with E-state index in [0.717, 1.165) is 0 Å². The first-order chi connectivity index (χ1) is 17.6. The summed E-state index contributed by atoms with van der Waals surface area (Å²) in [7, 11) is 0. The van der Waals surface area contributed by atoms with Gasteiger partial charge in [-0.05, 0) is 56.2 Å². The molecular formula is C27H27Cl2N3O5. The molecule has 10 heteroatoms. The SMILES string of the molecule is CC(C)OC(=O)c1ccccc1-c1ccc(C=NNC(=O)C(NC(=O)c2ccc(Cl)cc2Cl)C(C)C)o1. The van der Waals surface area contributed by atoms with Crippen LogP contribution in [0.15, 0.2) is 64.1 Å². The Bertz CT molecular complexity index is 1320. The zero-order valence-electron chi connectivity index (χ0n) is 20.7. The fourth-order valence-corrected chi connectivity index (χ4v) is 3.87. The van der Waals surface area contributed by atoms with Crippen LogP contribution in [0, 0.1) is 5.92 Å². The number of hydrogen-bond acceptors (Lipinski definition) is 6. The zero-order chi connectivity index (χ0) is 27.1. The first kappa shape index (κ1) is 28.0. The van der Waals surface area contributed by atoms with Gasteiger partial charge < -0.3 is 14.5 Å². The van der Waals surface area contributed by atoms with Crippen LogP contribution >= 0.6 is 23.2 Å². The molecule has 0 saturated carbocycles. The molecule has 3 rings (SSSR count). The molecule has 1 atom stereocenters. The monoisotopic (exact) mass is 543 g/mol. The van der Waals surface area contributed by atoms with Crippen LogP contribution in [0.2, 0.25) is 10.0 Å². The number of ether oxygens (including phenoxy) is 1. The Morgan fingerprint density at radius 3 is 2.38 bits per heavy atom. The van der Waals surface area contributed by atoms with E-state index in [2.05, 4.69) is 15.8 Å². The topological polar surface area (TPSA) is 110 Å². The van der Waals surface area contributed by atoms with Gasteiger partial charge in [0, 0.05) is 10.6 Å². The highest BCUT2D eigenvalue weighted by Crippen LogP contribution is 2.26. The number of esters is 1. The quantitative estimate of drug-likeness (QED) is 0.203. The van der Waals surface area contributed by atoms with E-state index in [4.69, 9.17) is 32.4 Å². The van der Waals surface area contributed by atoms with Crippen LogP contribution < -0.4 is 10.7 Å². The molecule has 8 nitrogen and oxygen atoms in total. The number of carbonyl (C=O) groups is 3. The van der Waals surface area contributed by atoms with E-state index < -0.39 is 23.8 Å². The summed E-state index contributed by atoms with van der Waals surface area (Å²) < 4.78 is 11.1. The molecule has 37 heavy (non-hydrogen) atoms. The Morgan fingerprint density at radius 2 is 1.70 bits per heavy atom. The maximum atomic E-state index is 12.7. The summed E-state index contributed by atoms with van der Waals surface area (Å²) in [6, 6.07) is 13.9. The lowest BCUT2D eigenvalue weighted by Crippen LogP contribution is -2.48. The van der Waals surface area contributed by atoms with Crippen molar-refractivity contribution in [1.82, 2.24) is 10.7 Å². The molecule has 194 valence electrons. The van der Waals surface area contributed by atoms with Gasteiger partial charge in [-0.2, -0.15) is 5.10 Å². The van der Waals surface area contributed by atoms with Crippen molar-refractivity contribution in [2.24, 2.45) is 11.0 Å². The first-order valence-electron chi connectivity index (χ1n) is 11.6. The summed E-state index contributed by atoms with van der Waals surface area (Å²) in [6.07, 6.45) is 1.07. The number of furan rings is 1. The predicted octanol–water partition coefficient (Wildman–Crippen LogP) is 5.72. The minimum Gasteiger partial charge on any atom is -0.459 e. The van der Waals surface area contributed by atoms with Crippen LogP contribution in [0.5, 0.6) is 0 Å². The van der Waals surface area contributed by atoms with Crippen molar-refractivity contribution in [1.29, 1.82) is 0 Å². The van der Waals surface area contributed by atoms with Crippen LogP contribution in [0.25, 0.3) is 11.3 Å². The molecule has 0 aliphatic rings. The third-order valence-corrected chi connectivity index (χ3v) is 5.71.